The third-order valence-electron chi connectivity index (χ3n) is 6.75. The molecule has 0 radical (unpaired) electrons. The highest BCUT2D eigenvalue weighted by Gasteiger charge is 2.34. The topological polar surface area (TPSA) is 82.3 Å². The summed E-state index contributed by atoms with van der Waals surface area (Å²) in [6, 6.07) is 10.9. The summed E-state index contributed by atoms with van der Waals surface area (Å²) < 4.78 is 47.1. The normalized spacial score (nSPS) is 11.7. The maximum absolute atomic E-state index is 13.8. The minimum Gasteiger partial charge on any atom is -0.496 e. The second-order valence-electron chi connectivity index (χ2n) is 9.23. The van der Waals surface area contributed by atoms with Gasteiger partial charge in [0.25, 0.3) is 5.91 Å². The van der Waals surface area contributed by atoms with Crippen molar-refractivity contribution in [1.82, 2.24) is 14.9 Å². The van der Waals surface area contributed by atoms with Gasteiger partial charge in [-0.25, -0.2) is 4.98 Å². The Bertz CT molecular complexity index is 1460. The number of aromatic amines is 1. The number of anilines is 2. The molecule has 206 valence electrons. The van der Waals surface area contributed by atoms with E-state index in [0.29, 0.717) is 31.1 Å². The molecule has 7 nitrogen and oxygen atoms in total. The van der Waals surface area contributed by atoms with Crippen LogP contribution < -0.4 is 15.4 Å². The molecule has 10 heteroatoms. The Morgan fingerprint density at radius 3 is 2.54 bits per heavy atom. The monoisotopic (exact) mass is 539 g/mol. The number of carbonyl (C=O) groups excluding carboxylic acids is 1. The number of aromatic nitrogens is 2. The van der Waals surface area contributed by atoms with E-state index in [4.69, 9.17) is 4.74 Å². The van der Waals surface area contributed by atoms with Crippen molar-refractivity contribution in [2.24, 2.45) is 0 Å². The zero-order valence-corrected chi connectivity index (χ0v) is 22.4. The number of rotatable bonds is 10. The number of halogens is 3. The Kier molecular flexibility index (Phi) is 8.44. The summed E-state index contributed by atoms with van der Waals surface area (Å²) >= 11 is 0. The fourth-order valence-corrected chi connectivity index (χ4v) is 4.48. The third kappa shape index (κ3) is 6.34. The Labute approximate surface area is 225 Å². The van der Waals surface area contributed by atoms with Gasteiger partial charge in [0.05, 0.1) is 18.1 Å². The van der Waals surface area contributed by atoms with Gasteiger partial charge in [-0.3, -0.25) is 9.69 Å². The number of benzene rings is 2. The molecule has 4 rings (SSSR count). The van der Waals surface area contributed by atoms with E-state index in [9.17, 15) is 18.0 Å². The number of nitrogens with one attached hydrogen (secondary N) is 3. The van der Waals surface area contributed by atoms with Crippen molar-refractivity contribution in [1.29, 1.82) is 0 Å². The van der Waals surface area contributed by atoms with E-state index >= 15 is 0 Å². The minimum absolute atomic E-state index is 0.0590. The number of carbonyl (C=O) groups is 1. The van der Waals surface area contributed by atoms with Gasteiger partial charge < -0.3 is 20.4 Å². The molecule has 0 aliphatic heterocycles. The number of nitrogens with zero attached hydrogens (tertiary/aromatic N) is 2. The Balaban J connectivity index is 1.52. The molecule has 2 aromatic carbocycles. The van der Waals surface area contributed by atoms with Crippen molar-refractivity contribution in [2.45, 2.75) is 40.0 Å². The van der Waals surface area contributed by atoms with Crippen molar-refractivity contribution >= 4 is 28.3 Å². The number of fused-ring (bicyclic) bond motifs is 1. The predicted octanol–water partition coefficient (Wildman–Crippen LogP) is 6.60. The maximum atomic E-state index is 13.8. The van der Waals surface area contributed by atoms with E-state index in [2.05, 4.69) is 20.6 Å². The number of hydrogen-bond acceptors (Lipinski definition) is 5. The van der Waals surface area contributed by atoms with Crippen LogP contribution in [0, 0.1) is 6.92 Å². The lowest BCUT2D eigenvalue weighted by atomic mass is 10.0. The quantitative estimate of drug-likeness (QED) is 0.211. The number of pyridine rings is 1. The van der Waals surface area contributed by atoms with E-state index in [1.807, 2.05) is 37.8 Å². The number of H-pyrrole nitrogens is 1. The molecular weight excluding hydrogens is 507 g/mol. The smallest absolute Gasteiger partial charge is 0.416 e. The summed E-state index contributed by atoms with van der Waals surface area (Å²) in [6.45, 7) is 7.55. The van der Waals surface area contributed by atoms with Crippen molar-refractivity contribution in [2.75, 3.05) is 30.8 Å². The largest absolute Gasteiger partial charge is 0.496 e. The molecule has 0 atom stereocenters. The Hall–Kier alpha value is -4.05. The van der Waals surface area contributed by atoms with Crippen LogP contribution in [0.25, 0.3) is 11.0 Å². The lowest BCUT2D eigenvalue weighted by Gasteiger charge is -2.21. The van der Waals surface area contributed by atoms with Crippen LogP contribution in [0.5, 0.6) is 5.75 Å². The van der Waals surface area contributed by atoms with Crippen molar-refractivity contribution < 1.29 is 22.7 Å². The van der Waals surface area contributed by atoms with E-state index in [1.165, 1.54) is 12.1 Å². The predicted molar refractivity (Wildman–Crippen MR) is 147 cm³/mol. The SMILES string of the molecule is CCN(CC)Cc1ccc(C(=O)Nc2ccc(C)c(NCc3cnc4[nH]ccc4c3OC)c2)cc1C(F)(F)F. The Morgan fingerprint density at radius 2 is 1.85 bits per heavy atom. The van der Waals surface area contributed by atoms with Crippen LogP contribution in [0.3, 0.4) is 0 Å². The summed E-state index contributed by atoms with van der Waals surface area (Å²) in [4.78, 5) is 22.3. The van der Waals surface area contributed by atoms with Crippen LogP contribution in [0.15, 0.2) is 54.9 Å². The number of hydrogen-bond donors (Lipinski definition) is 3. The van der Waals surface area contributed by atoms with Crippen LogP contribution in [0.2, 0.25) is 0 Å². The molecule has 2 heterocycles. The van der Waals surface area contributed by atoms with Crippen LogP contribution >= 0.6 is 0 Å². The molecule has 0 unspecified atom stereocenters. The van der Waals surface area contributed by atoms with Crippen LogP contribution in [0.4, 0.5) is 24.5 Å². The molecule has 0 bridgehead atoms. The van der Waals surface area contributed by atoms with Crippen LogP contribution in [-0.4, -0.2) is 41.0 Å². The number of methoxy groups -OCH3 is 1. The van der Waals surface area contributed by atoms with Gasteiger partial charge in [-0.1, -0.05) is 26.0 Å². The number of ether oxygens (including phenoxy) is 1. The summed E-state index contributed by atoms with van der Waals surface area (Å²) in [5.74, 6) is 0.0919. The van der Waals surface area contributed by atoms with E-state index < -0.39 is 17.6 Å². The van der Waals surface area contributed by atoms with Gasteiger partial charge in [0, 0.05) is 48.0 Å². The van der Waals surface area contributed by atoms with Crippen molar-refractivity contribution in [3.63, 3.8) is 0 Å². The molecule has 0 fully saturated rings. The highest BCUT2D eigenvalue weighted by atomic mass is 19.4. The average molecular weight is 540 g/mol. The summed E-state index contributed by atoms with van der Waals surface area (Å²) in [7, 11) is 1.60. The molecule has 0 spiro atoms. The first kappa shape index (κ1) is 28.0. The summed E-state index contributed by atoms with van der Waals surface area (Å²) in [6.07, 6.45) is -1.04. The summed E-state index contributed by atoms with van der Waals surface area (Å²) in [5, 5.41) is 6.95. The number of aryl methyl sites for hydroxylation is 1. The van der Waals surface area contributed by atoms with Gasteiger partial charge in [0.15, 0.2) is 0 Å². The second-order valence-corrected chi connectivity index (χ2v) is 9.23. The molecule has 0 saturated heterocycles. The van der Waals surface area contributed by atoms with E-state index in [0.717, 1.165) is 33.9 Å². The molecule has 3 N–H and O–H groups in total. The molecule has 1 amide bonds. The van der Waals surface area contributed by atoms with Crippen molar-refractivity contribution in [3.8, 4) is 5.75 Å². The second kappa shape index (κ2) is 11.8. The van der Waals surface area contributed by atoms with Crippen LogP contribution in [-0.2, 0) is 19.3 Å². The molecule has 0 saturated carbocycles. The molecule has 39 heavy (non-hydrogen) atoms. The average Bonchev–Trinajstić information content (AvgIpc) is 3.40. The molecule has 0 aliphatic rings. The summed E-state index contributed by atoms with van der Waals surface area (Å²) in [5.41, 5.74) is 3.02. The van der Waals surface area contributed by atoms with E-state index in [-0.39, 0.29) is 17.7 Å². The highest BCUT2D eigenvalue weighted by molar-refractivity contribution is 6.04. The third-order valence-corrected chi connectivity index (χ3v) is 6.75. The van der Waals surface area contributed by atoms with Gasteiger partial charge in [-0.2, -0.15) is 13.2 Å². The Morgan fingerprint density at radius 1 is 1.08 bits per heavy atom. The number of amides is 1. The standard InChI is InChI=1S/C29H32F3N5O2/c1-5-37(6-2)17-20-9-8-19(13-24(20)29(30,31)32)28(38)36-22-10-7-18(3)25(14-22)34-15-21-16-35-27-23(11-12-33-27)26(21)39-4/h7-14,16,34H,5-6,15,17H2,1-4H3,(H,33,35)(H,36,38). The lowest BCUT2D eigenvalue weighted by molar-refractivity contribution is -0.138. The molecular formula is C29H32F3N5O2. The van der Waals surface area contributed by atoms with Gasteiger partial charge >= 0.3 is 6.18 Å². The van der Waals surface area contributed by atoms with Gasteiger partial charge in [0.2, 0.25) is 0 Å². The first-order valence-electron chi connectivity index (χ1n) is 12.7. The molecule has 0 aliphatic carbocycles. The van der Waals surface area contributed by atoms with Gasteiger partial charge in [-0.05, 0) is 61.5 Å². The fourth-order valence-electron chi connectivity index (χ4n) is 4.48. The lowest BCUT2D eigenvalue weighted by Crippen LogP contribution is -2.24. The van der Waals surface area contributed by atoms with Gasteiger partial charge in [0.1, 0.15) is 11.4 Å². The van der Waals surface area contributed by atoms with E-state index in [1.54, 1.807) is 31.6 Å². The first-order chi connectivity index (χ1) is 18.6. The first-order valence-corrected chi connectivity index (χ1v) is 12.7. The fraction of sp³-hybridized carbons (Fsp3) is 0.310. The van der Waals surface area contributed by atoms with Gasteiger partial charge in [-0.15, -0.1) is 0 Å². The minimum atomic E-state index is -4.57. The molecule has 4 aromatic rings. The maximum Gasteiger partial charge on any atom is 0.416 e. The van der Waals surface area contributed by atoms with Crippen molar-refractivity contribution in [3.05, 3.63) is 82.7 Å². The molecule has 2 aromatic heterocycles. The zero-order chi connectivity index (χ0) is 28.2. The number of alkyl halides is 3. The zero-order valence-electron chi connectivity index (χ0n) is 22.4. The van der Waals surface area contributed by atoms with Crippen LogP contribution in [0.1, 0.15) is 46.5 Å². The highest BCUT2D eigenvalue weighted by Crippen LogP contribution is 2.34.